The average molecular weight is 315 g/mol. The maximum Gasteiger partial charge on any atom is 0.350 e. The van der Waals surface area contributed by atoms with Gasteiger partial charge in [-0.25, -0.2) is 4.79 Å². The van der Waals surface area contributed by atoms with Gasteiger partial charge in [0.25, 0.3) is 0 Å². The quantitative estimate of drug-likeness (QED) is 0.359. The SMILES string of the molecule is CCOC(=O)CCC/C(CCC(C)C)=N/OC(C)(C)C(=O)O. The summed E-state index contributed by atoms with van der Waals surface area (Å²) in [5, 5.41) is 13.0. The monoisotopic (exact) mass is 315 g/mol. The van der Waals surface area contributed by atoms with E-state index >= 15 is 0 Å². The Labute approximate surface area is 132 Å². The van der Waals surface area contributed by atoms with Crippen LogP contribution in [0.2, 0.25) is 0 Å². The molecule has 22 heavy (non-hydrogen) atoms. The Bertz CT molecular complexity index is 388. The van der Waals surface area contributed by atoms with Crippen LogP contribution in [0.15, 0.2) is 5.16 Å². The summed E-state index contributed by atoms with van der Waals surface area (Å²) in [6, 6.07) is 0. The molecule has 0 aliphatic rings. The lowest BCUT2D eigenvalue weighted by Crippen LogP contribution is -2.33. The first-order valence-corrected chi connectivity index (χ1v) is 7.82. The highest BCUT2D eigenvalue weighted by atomic mass is 16.7. The van der Waals surface area contributed by atoms with E-state index in [1.54, 1.807) is 6.92 Å². The first kappa shape index (κ1) is 20.4. The van der Waals surface area contributed by atoms with E-state index in [1.807, 2.05) is 0 Å². The molecule has 0 rings (SSSR count). The van der Waals surface area contributed by atoms with Crippen molar-refractivity contribution < 1.29 is 24.3 Å². The number of carbonyl (C=O) groups is 2. The second-order valence-corrected chi connectivity index (χ2v) is 6.16. The van der Waals surface area contributed by atoms with Gasteiger partial charge in [-0.3, -0.25) is 4.79 Å². The molecule has 0 unspecified atom stereocenters. The van der Waals surface area contributed by atoms with Crippen LogP contribution < -0.4 is 0 Å². The zero-order valence-corrected chi connectivity index (χ0v) is 14.3. The summed E-state index contributed by atoms with van der Waals surface area (Å²) in [5.74, 6) is -0.772. The zero-order chi connectivity index (χ0) is 17.2. The Morgan fingerprint density at radius 3 is 2.32 bits per heavy atom. The van der Waals surface area contributed by atoms with E-state index in [4.69, 9.17) is 14.7 Å². The summed E-state index contributed by atoms with van der Waals surface area (Å²) in [7, 11) is 0. The van der Waals surface area contributed by atoms with Gasteiger partial charge >= 0.3 is 11.9 Å². The lowest BCUT2D eigenvalue weighted by molar-refractivity contribution is -0.161. The molecule has 0 atom stereocenters. The lowest BCUT2D eigenvalue weighted by Gasteiger charge is -2.18. The van der Waals surface area contributed by atoms with Crippen LogP contribution in [0.4, 0.5) is 0 Å². The molecule has 0 aliphatic carbocycles. The van der Waals surface area contributed by atoms with Crippen molar-refractivity contribution in [3.8, 4) is 0 Å². The Morgan fingerprint density at radius 2 is 1.82 bits per heavy atom. The Morgan fingerprint density at radius 1 is 1.18 bits per heavy atom. The molecule has 1 N–H and O–H groups in total. The number of esters is 1. The summed E-state index contributed by atoms with van der Waals surface area (Å²) in [6.45, 7) is 9.28. The maximum absolute atomic E-state index is 11.3. The van der Waals surface area contributed by atoms with Gasteiger partial charge in [0.1, 0.15) is 0 Å². The number of oxime groups is 1. The van der Waals surface area contributed by atoms with Gasteiger partial charge in [-0.05, 0) is 52.4 Å². The predicted octanol–water partition coefficient (Wildman–Crippen LogP) is 3.39. The van der Waals surface area contributed by atoms with E-state index in [2.05, 4.69) is 19.0 Å². The van der Waals surface area contributed by atoms with E-state index in [0.717, 1.165) is 18.6 Å². The molecule has 0 fully saturated rings. The number of hydrogen-bond donors (Lipinski definition) is 1. The van der Waals surface area contributed by atoms with Crippen LogP contribution in [0.5, 0.6) is 0 Å². The smallest absolute Gasteiger partial charge is 0.350 e. The van der Waals surface area contributed by atoms with Gasteiger partial charge in [0.05, 0.1) is 12.3 Å². The van der Waals surface area contributed by atoms with Crippen LogP contribution in [-0.4, -0.2) is 35.0 Å². The minimum absolute atomic E-state index is 0.225. The predicted molar refractivity (Wildman–Crippen MR) is 84.8 cm³/mol. The summed E-state index contributed by atoms with van der Waals surface area (Å²) in [6.07, 6.45) is 3.22. The molecule has 0 amide bonds. The van der Waals surface area contributed by atoms with Gasteiger partial charge in [-0.2, -0.15) is 0 Å². The van der Waals surface area contributed by atoms with Crippen molar-refractivity contribution in [3.63, 3.8) is 0 Å². The first-order chi connectivity index (χ1) is 10.2. The van der Waals surface area contributed by atoms with Gasteiger partial charge in [0, 0.05) is 6.42 Å². The highest BCUT2D eigenvalue weighted by Gasteiger charge is 2.29. The van der Waals surface area contributed by atoms with E-state index in [-0.39, 0.29) is 5.97 Å². The number of nitrogens with zero attached hydrogens (tertiary/aromatic N) is 1. The molecule has 128 valence electrons. The number of hydrogen-bond acceptors (Lipinski definition) is 5. The number of carboxylic acids is 1. The topological polar surface area (TPSA) is 85.2 Å². The number of carboxylic acid groups (broad SMARTS) is 1. The highest BCUT2D eigenvalue weighted by molar-refractivity contribution is 5.84. The zero-order valence-electron chi connectivity index (χ0n) is 14.3. The van der Waals surface area contributed by atoms with Crippen molar-refractivity contribution >= 4 is 17.7 Å². The number of aliphatic carboxylic acids is 1. The molecule has 6 nitrogen and oxygen atoms in total. The summed E-state index contributed by atoms with van der Waals surface area (Å²) < 4.78 is 4.88. The van der Waals surface area contributed by atoms with E-state index in [1.165, 1.54) is 13.8 Å². The van der Waals surface area contributed by atoms with Crippen LogP contribution in [0.25, 0.3) is 0 Å². The third-order valence-electron chi connectivity index (χ3n) is 3.08. The molecular weight excluding hydrogens is 286 g/mol. The van der Waals surface area contributed by atoms with Crippen molar-refractivity contribution in [1.82, 2.24) is 0 Å². The molecule has 0 heterocycles. The number of rotatable bonds is 11. The Balaban J connectivity index is 4.54. The van der Waals surface area contributed by atoms with Crippen molar-refractivity contribution in [2.45, 2.75) is 72.3 Å². The summed E-state index contributed by atoms with van der Waals surface area (Å²) in [5.41, 5.74) is -0.572. The van der Waals surface area contributed by atoms with Gasteiger partial charge in [0.2, 0.25) is 5.60 Å². The van der Waals surface area contributed by atoms with Crippen LogP contribution in [0, 0.1) is 5.92 Å². The lowest BCUT2D eigenvalue weighted by atomic mass is 10.0. The largest absolute Gasteiger partial charge is 0.478 e. The minimum Gasteiger partial charge on any atom is -0.478 e. The average Bonchev–Trinajstić information content (AvgIpc) is 2.41. The summed E-state index contributed by atoms with van der Waals surface area (Å²) in [4.78, 5) is 27.5. The molecule has 0 spiro atoms. The third-order valence-corrected chi connectivity index (χ3v) is 3.08. The van der Waals surface area contributed by atoms with E-state index in [9.17, 15) is 9.59 Å². The van der Waals surface area contributed by atoms with Crippen molar-refractivity contribution in [2.24, 2.45) is 11.1 Å². The van der Waals surface area contributed by atoms with E-state index < -0.39 is 11.6 Å². The van der Waals surface area contributed by atoms with Crippen molar-refractivity contribution in [1.29, 1.82) is 0 Å². The number of ether oxygens (including phenoxy) is 1. The van der Waals surface area contributed by atoms with E-state index in [0.29, 0.717) is 31.8 Å². The standard InChI is InChI=1S/C16H29NO5/c1-6-21-14(18)9-7-8-13(11-10-12(2)3)17-22-16(4,5)15(19)20/h12H,6-11H2,1-5H3,(H,19,20)/b17-13-. The Hall–Kier alpha value is -1.59. The van der Waals surface area contributed by atoms with Gasteiger partial charge in [0.15, 0.2) is 0 Å². The normalized spacial score (nSPS) is 12.4. The fourth-order valence-electron chi connectivity index (χ4n) is 1.56. The molecular formula is C16H29NO5. The molecule has 0 aromatic rings. The highest BCUT2D eigenvalue weighted by Crippen LogP contribution is 2.14. The molecule has 0 saturated carbocycles. The fourth-order valence-corrected chi connectivity index (χ4v) is 1.56. The van der Waals surface area contributed by atoms with Crippen LogP contribution in [0.1, 0.15) is 66.7 Å². The second kappa shape index (κ2) is 10.2. The number of carbonyl (C=O) groups excluding carboxylic acids is 1. The van der Waals surface area contributed by atoms with Crippen LogP contribution >= 0.6 is 0 Å². The Kier molecular flexibility index (Phi) is 9.45. The first-order valence-electron chi connectivity index (χ1n) is 7.82. The molecule has 0 radical (unpaired) electrons. The van der Waals surface area contributed by atoms with Gasteiger partial charge in [-0.15, -0.1) is 0 Å². The fraction of sp³-hybridized carbons (Fsp3) is 0.812. The molecule has 6 heteroatoms. The van der Waals surface area contributed by atoms with Crippen molar-refractivity contribution in [2.75, 3.05) is 6.61 Å². The minimum atomic E-state index is -1.36. The summed E-state index contributed by atoms with van der Waals surface area (Å²) >= 11 is 0. The molecule has 0 saturated heterocycles. The molecule has 0 aromatic carbocycles. The molecule has 0 aromatic heterocycles. The van der Waals surface area contributed by atoms with Gasteiger partial charge < -0.3 is 14.7 Å². The molecule has 0 bridgehead atoms. The molecule has 0 aliphatic heterocycles. The third kappa shape index (κ3) is 9.37. The maximum atomic E-state index is 11.3. The van der Waals surface area contributed by atoms with Crippen LogP contribution in [-0.2, 0) is 19.2 Å². The second-order valence-electron chi connectivity index (χ2n) is 6.16. The van der Waals surface area contributed by atoms with Gasteiger partial charge in [-0.1, -0.05) is 19.0 Å². The van der Waals surface area contributed by atoms with Crippen LogP contribution in [0.3, 0.4) is 0 Å². The van der Waals surface area contributed by atoms with Crippen molar-refractivity contribution in [3.05, 3.63) is 0 Å².